The van der Waals surface area contributed by atoms with Crippen LogP contribution in [-0.4, -0.2) is 79.2 Å². The molecular formula is C42H78O6S2Si3. The third-order valence-corrected chi connectivity index (χ3v) is 29.6. The molecule has 0 aromatic heterocycles. The van der Waals surface area contributed by atoms with Gasteiger partial charge in [-0.2, -0.15) is 0 Å². The van der Waals surface area contributed by atoms with Crippen molar-refractivity contribution in [3.63, 3.8) is 0 Å². The van der Waals surface area contributed by atoms with E-state index in [2.05, 4.69) is 163 Å². The van der Waals surface area contributed by atoms with Crippen molar-refractivity contribution in [1.29, 1.82) is 0 Å². The van der Waals surface area contributed by atoms with Crippen LogP contribution >= 0.6 is 23.5 Å². The van der Waals surface area contributed by atoms with Crippen LogP contribution in [0.15, 0.2) is 36.4 Å². The topological polar surface area (TPSA) is 55.4 Å². The Morgan fingerprint density at radius 1 is 0.774 bits per heavy atom. The number of ether oxygens (including phenoxy) is 3. The van der Waals surface area contributed by atoms with Crippen LogP contribution in [0, 0.1) is 11.8 Å². The van der Waals surface area contributed by atoms with Crippen molar-refractivity contribution in [2.24, 2.45) is 11.8 Å². The molecule has 0 saturated carbocycles. The molecule has 2 heterocycles. The highest BCUT2D eigenvalue weighted by atomic mass is 32.2. The molecule has 7 atom stereocenters. The lowest BCUT2D eigenvalue weighted by atomic mass is 9.91. The van der Waals surface area contributed by atoms with Crippen LogP contribution in [0.2, 0.25) is 54.4 Å². The van der Waals surface area contributed by atoms with E-state index >= 15 is 0 Å². The Morgan fingerprint density at radius 2 is 1.28 bits per heavy atom. The molecule has 2 aliphatic heterocycles. The van der Waals surface area contributed by atoms with E-state index in [1.54, 1.807) is 7.11 Å². The monoisotopic (exact) mass is 826 g/mol. The van der Waals surface area contributed by atoms with Crippen LogP contribution in [0.5, 0.6) is 5.75 Å². The third-order valence-electron chi connectivity index (χ3n) is 12.8. The second kappa shape index (κ2) is 18.7. The van der Waals surface area contributed by atoms with E-state index in [9.17, 15) is 0 Å². The van der Waals surface area contributed by atoms with E-state index in [1.165, 1.54) is 0 Å². The van der Waals surface area contributed by atoms with E-state index in [0.29, 0.717) is 17.1 Å². The molecule has 306 valence electrons. The molecular weight excluding hydrogens is 749 g/mol. The zero-order valence-electron chi connectivity index (χ0n) is 36.9. The van der Waals surface area contributed by atoms with Crippen molar-refractivity contribution in [3.05, 3.63) is 42.0 Å². The van der Waals surface area contributed by atoms with Gasteiger partial charge >= 0.3 is 0 Å². The van der Waals surface area contributed by atoms with Gasteiger partial charge in [0.05, 0.1) is 36.6 Å². The van der Waals surface area contributed by atoms with Gasteiger partial charge in [-0.3, -0.25) is 0 Å². The maximum absolute atomic E-state index is 7.75. The predicted octanol–water partition coefficient (Wildman–Crippen LogP) is 12.7. The Kier molecular flexibility index (Phi) is 16.7. The van der Waals surface area contributed by atoms with Crippen molar-refractivity contribution in [2.75, 3.05) is 25.2 Å². The van der Waals surface area contributed by atoms with Gasteiger partial charge in [0.1, 0.15) is 5.75 Å². The van der Waals surface area contributed by atoms with Crippen LogP contribution in [0.25, 0.3) is 0 Å². The lowest BCUT2D eigenvalue weighted by Gasteiger charge is -2.50. The summed E-state index contributed by atoms with van der Waals surface area (Å²) in [6.45, 7) is 40.5. The highest BCUT2D eigenvalue weighted by Crippen LogP contribution is 2.48. The zero-order valence-corrected chi connectivity index (χ0v) is 41.5. The number of methoxy groups -OCH3 is 1. The standard InChI is InChI=1S/C42H78O6S2Si3/c1-30(31(2)46-51(13,14)40(3,4)5)20-19-21-34(39-49-28-29-50-39)36(47-52(15,16)41(6,7)8)37(48-53(17,18)42(9,10)11)35-26-27-44-38(45-35)32-22-24-33(43-12)25-23-32/h19-20,22-25,30-31,34-39H,21,26-29H2,1-18H3/b20-19+/t30-,31+,34-,35+,36-,37+,38+/m1/s1. The zero-order chi connectivity index (χ0) is 40.2. The maximum atomic E-state index is 7.75. The Morgan fingerprint density at radius 3 is 1.79 bits per heavy atom. The van der Waals surface area contributed by atoms with Gasteiger partial charge in [-0.1, -0.05) is 93.5 Å². The fraction of sp³-hybridized carbons (Fsp3) is 0.810. The van der Waals surface area contributed by atoms with Crippen LogP contribution < -0.4 is 4.74 Å². The van der Waals surface area contributed by atoms with Gasteiger partial charge in [0, 0.05) is 29.1 Å². The van der Waals surface area contributed by atoms with Gasteiger partial charge in [-0.05, 0) is 92.2 Å². The molecule has 1 aromatic rings. The second-order valence-corrected chi connectivity index (χ2v) is 37.1. The maximum Gasteiger partial charge on any atom is 0.192 e. The van der Waals surface area contributed by atoms with Gasteiger partial charge in [-0.25, -0.2) is 0 Å². The van der Waals surface area contributed by atoms with Gasteiger partial charge in [0.15, 0.2) is 31.2 Å². The van der Waals surface area contributed by atoms with Crippen molar-refractivity contribution in [3.8, 4) is 5.75 Å². The first-order valence-corrected chi connectivity index (χ1v) is 30.9. The normalized spacial score (nSPS) is 23.2. The summed E-state index contributed by atoms with van der Waals surface area (Å²) < 4.78 is 41.5. The molecule has 0 bridgehead atoms. The van der Waals surface area contributed by atoms with Crippen molar-refractivity contribution in [1.82, 2.24) is 0 Å². The number of allylic oxidation sites excluding steroid dienone is 1. The Labute approximate surface area is 337 Å². The Bertz CT molecular complexity index is 1300. The Balaban J connectivity index is 2.10. The smallest absolute Gasteiger partial charge is 0.192 e. The summed E-state index contributed by atoms with van der Waals surface area (Å²) in [5.41, 5.74) is 0.993. The molecule has 6 nitrogen and oxygen atoms in total. The summed E-state index contributed by atoms with van der Waals surface area (Å²) in [6, 6.07) is 8.06. The second-order valence-electron chi connectivity index (χ2n) is 20.0. The highest BCUT2D eigenvalue weighted by Gasteiger charge is 2.51. The molecule has 3 rings (SSSR count). The van der Waals surface area contributed by atoms with E-state index in [-0.39, 0.29) is 45.4 Å². The molecule has 1 aromatic carbocycles. The Hall–Kier alpha value is -0.0894. The number of benzene rings is 1. The summed E-state index contributed by atoms with van der Waals surface area (Å²) in [4.78, 5) is 0. The van der Waals surface area contributed by atoms with Crippen molar-refractivity contribution < 1.29 is 27.5 Å². The summed E-state index contributed by atoms with van der Waals surface area (Å²) in [5, 5.41) is 0.240. The molecule has 53 heavy (non-hydrogen) atoms. The first-order chi connectivity index (χ1) is 24.2. The number of hydrogen-bond donors (Lipinski definition) is 0. The molecule has 11 heteroatoms. The molecule has 0 spiro atoms. The van der Waals surface area contributed by atoms with Crippen LogP contribution in [0.3, 0.4) is 0 Å². The largest absolute Gasteiger partial charge is 0.497 e. The van der Waals surface area contributed by atoms with Gasteiger partial charge in [-0.15, -0.1) is 23.5 Å². The van der Waals surface area contributed by atoms with E-state index in [0.717, 1.165) is 35.7 Å². The minimum absolute atomic E-state index is 0.0231. The van der Waals surface area contributed by atoms with E-state index < -0.39 is 31.2 Å². The summed E-state index contributed by atoms with van der Waals surface area (Å²) in [5.74, 6) is 3.69. The molecule has 0 amide bonds. The fourth-order valence-corrected chi connectivity index (χ4v) is 13.3. The highest BCUT2D eigenvalue weighted by molar-refractivity contribution is 8.20. The molecule has 2 saturated heterocycles. The molecule has 0 aliphatic carbocycles. The van der Waals surface area contributed by atoms with Crippen LogP contribution in [0.4, 0.5) is 0 Å². The van der Waals surface area contributed by atoms with Gasteiger partial charge in [0.25, 0.3) is 0 Å². The minimum Gasteiger partial charge on any atom is -0.497 e. The number of rotatable bonds is 16. The fourth-order valence-electron chi connectivity index (χ4n) is 5.90. The van der Waals surface area contributed by atoms with Gasteiger partial charge < -0.3 is 27.5 Å². The number of thioether (sulfide) groups is 2. The average Bonchev–Trinajstić information content (AvgIpc) is 3.58. The quantitative estimate of drug-likeness (QED) is 0.121. The third kappa shape index (κ3) is 12.7. The molecule has 0 unspecified atom stereocenters. The number of hydrogen-bond acceptors (Lipinski definition) is 8. The first-order valence-electron chi connectivity index (χ1n) is 20.0. The molecule has 0 radical (unpaired) electrons. The summed E-state index contributed by atoms with van der Waals surface area (Å²) in [6.07, 6.45) is 5.64. The first kappa shape index (κ1) is 47.3. The minimum atomic E-state index is -2.28. The lowest BCUT2D eigenvalue weighted by Crippen LogP contribution is -2.59. The lowest BCUT2D eigenvalue weighted by molar-refractivity contribution is -0.245. The predicted molar refractivity (Wildman–Crippen MR) is 238 cm³/mol. The van der Waals surface area contributed by atoms with Crippen molar-refractivity contribution in [2.45, 2.75) is 179 Å². The molecule has 2 aliphatic rings. The van der Waals surface area contributed by atoms with Gasteiger partial charge in [0.2, 0.25) is 0 Å². The average molecular weight is 827 g/mol. The summed E-state index contributed by atoms with van der Waals surface area (Å²) >= 11 is 4.20. The molecule has 2 fully saturated rings. The van der Waals surface area contributed by atoms with Crippen molar-refractivity contribution >= 4 is 48.5 Å². The summed E-state index contributed by atoms with van der Waals surface area (Å²) in [7, 11) is -4.74. The SMILES string of the molecule is COc1ccc([C@H]2OCC[C@@H]([C@H](O[Si](C)(C)C(C)(C)C)[C@H](O[Si](C)(C)C(C)(C)C)[C@@H](C/C=C/[C@@H](C)[C@H](C)O[Si](C)(C)C(C)(C)C)C3SCCS3)O2)cc1. The molecule has 0 N–H and O–H groups in total. The van der Waals surface area contributed by atoms with Crippen LogP contribution in [0.1, 0.15) is 101 Å². The van der Waals surface area contributed by atoms with E-state index in [4.69, 9.17) is 27.5 Å². The van der Waals surface area contributed by atoms with Crippen LogP contribution in [-0.2, 0) is 22.8 Å². The van der Waals surface area contributed by atoms with E-state index in [1.807, 2.05) is 12.1 Å².